The summed E-state index contributed by atoms with van der Waals surface area (Å²) in [5.74, 6) is 0. The largest absolute Gasteiger partial charge is 0.265 e. The highest BCUT2D eigenvalue weighted by Crippen LogP contribution is 2.34. The van der Waals surface area contributed by atoms with Crippen molar-refractivity contribution in [3.05, 3.63) is 26.4 Å². The highest BCUT2D eigenvalue weighted by Gasteiger charge is 2.18. The van der Waals surface area contributed by atoms with E-state index in [4.69, 9.17) is 0 Å². The van der Waals surface area contributed by atoms with Crippen LogP contribution in [0.25, 0.3) is 0 Å². The fraction of sp³-hybridized carbons (Fsp3) is 0.286. The van der Waals surface area contributed by atoms with E-state index in [9.17, 15) is 8.78 Å². The smallest absolute Gasteiger partial charge is 0.248 e. The summed E-state index contributed by atoms with van der Waals surface area (Å²) >= 11 is 9.29. The lowest BCUT2D eigenvalue weighted by Crippen LogP contribution is -1.97. The zero-order chi connectivity index (χ0) is 10.0. The molecule has 0 radical (unpaired) electrons. The number of hydrogen-bond acceptors (Lipinski definition) is 1. The van der Waals surface area contributed by atoms with Crippen LogP contribution in [0.3, 0.4) is 0 Å². The summed E-state index contributed by atoms with van der Waals surface area (Å²) in [4.78, 5) is 3.90. The first kappa shape index (κ1) is 11.5. The third-order valence-corrected chi connectivity index (χ3v) is 3.35. The average Bonchev–Trinajstić information content (AvgIpc) is 2.07. The lowest BCUT2D eigenvalue weighted by molar-refractivity contribution is 0.149. The molecule has 0 atom stereocenters. The zero-order valence-corrected chi connectivity index (χ0v) is 11.0. The van der Waals surface area contributed by atoms with E-state index >= 15 is 0 Å². The van der Waals surface area contributed by atoms with Crippen LogP contribution >= 0.6 is 47.8 Å². The molecule has 0 aliphatic carbocycles. The van der Waals surface area contributed by atoms with Gasteiger partial charge in [0.1, 0.15) is 4.60 Å². The van der Waals surface area contributed by atoms with Gasteiger partial charge in [0.25, 0.3) is 6.43 Å². The molecule has 0 saturated carbocycles. The van der Waals surface area contributed by atoms with Crippen LogP contribution in [-0.2, 0) is 5.33 Å². The van der Waals surface area contributed by atoms with Gasteiger partial charge in [0, 0.05) is 27.1 Å². The number of halogens is 5. The molecule has 6 heteroatoms. The Morgan fingerprint density at radius 3 is 2.38 bits per heavy atom. The lowest BCUT2D eigenvalue weighted by atomic mass is 10.2. The molecule has 0 amide bonds. The van der Waals surface area contributed by atoms with E-state index in [0.29, 0.717) is 20.0 Å². The molecule has 72 valence electrons. The van der Waals surface area contributed by atoms with Gasteiger partial charge in [0.15, 0.2) is 0 Å². The monoisotopic (exact) mass is 377 g/mol. The summed E-state index contributed by atoms with van der Waals surface area (Å²) in [7, 11) is 0. The average molecular weight is 380 g/mol. The van der Waals surface area contributed by atoms with Crippen LogP contribution in [0.4, 0.5) is 8.78 Å². The Labute approximate surface area is 99.3 Å². The van der Waals surface area contributed by atoms with E-state index in [1.807, 2.05) is 0 Å². The summed E-state index contributed by atoms with van der Waals surface area (Å²) in [5, 5.41) is 0.347. The van der Waals surface area contributed by atoms with Gasteiger partial charge >= 0.3 is 0 Å². The topological polar surface area (TPSA) is 12.9 Å². The highest BCUT2D eigenvalue weighted by atomic mass is 79.9. The molecule has 0 N–H and O–H groups in total. The van der Waals surface area contributed by atoms with E-state index in [2.05, 4.69) is 52.8 Å². The molecule has 0 spiro atoms. The third-order valence-electron chi connectivity index (χ3n) is 1.47. The van der Waals surface area contributed by atoms with E-state index in [0.717, 1.165) is 0 Å². The molecule has 0 fully saturated rings. The Balaban J connectivity index is 3.35. The second kappa shape index (κ2) is 4.79. The van der Waals surface area contributed by atoms with Gasteiger partial charge in [0.05, 0.1) is 0 Å². The van der Waals surface area contributed by atoms with Crippen molar-refractivity contribution in [1.29, 1.82) is 0 Å². The highest BCUT2D eigenvalue weighted by molar-refractivity contribution is 9.11. The molecule has 0 aromatic carbocycles. The molecule has 1 rings (SSSR count). The van der Waals surface area contributed by atoms with Crippen molar-refractivity contribution in [2.75, 3.05) is 0 Å². The first-order valence-corrected chi connectivity index (χ1v) is 5.95. The SMILES string of the molecule is FC(F)c1c(Br)cnc(Br)c1CBr. The van der Waals surface area contributed by atoms with Gasteiger partial charge in [0.2, 0.25) is 0 Å². The minimum Gasteiger partial charge on any atom is -0.248 e. The van der Waals surface area contributed by atoms with Crippen LogP contribution < -0.4 is 0 Å². The maximum atomic E-state index is 12.6. The summed E-state index contributed by atoms with van der Waals surface area (Å²) < 4.78 is 25.9. The normalized spacial score (nSPS) is 10.9. The Bertz CT molecular complexity index is 317. The maximum Gasteiger partial charge on any atom is 0.265 e. The summed E-state index contributed by atoms with van der Waals surface area (Å²) in [5.41, 5.74) is 0.461. The van der Waals surface area contributed by atoms with E-state index < -0.39 is 6.43 Å². The Kier molecular flexibility index (Phi) is 4.25. The Morgan fingerprint density at radius 2 is 2.00 bits per heavy atom. The molecule has 0 saturated heterocycles. The molecule has 0 bridgehead atoms. The molecule has 1 heterocycles. The van der Waals surface area contributed by atoms with Crippen LogP contribution in [0.5, 0.6) is 0 Å². The van der Waals surface area contributed by atoms with Gasteiger partial charge in [-0.15, -0.1) is 0 Å². The summed E-state index contributed by atoms with van der Waals surface area (Å²) in [6, 6.07) is 0. The fourth-order valence-corrected chi connectivity index (χ4v) is 2.79. The second-order valence-electron chi connectivity index (χ2n) is 2.22. The number of pyridine rings is 1. The third kappa shape index (κ3) is 2.47. The minimum absolute atomic E-state index is 0.0150. The molecule has 0 aliphatic rings. The lowest BCUT2D eigenvalue weighted by Gasteiger charge is -2.09. The second-order valence-corrected chi connectivity index (χ2v) is 4.39. The van der Waals surface area contributed by atoms with Gasteiger partial charge in [-0.3, -0.25) is 0 Å². The van der Waals surface area contributed by atoms with Crippen LogP contribution in [0.2, 0.25) is 0 Å². The van der Waals surface area contributed by atoms with Gasteiger partial charge in [-0.2, -0.15) is 0 Å². The van der Waals surface area contributed by atoms with Gasteiger partial charge in [-0.1, -0.05) is 15.9 Å². The molecule has 1 nitrogen and oxygen atoms in total. The zero-order valence-electron chi connectivity index (χ0n) is 6.20. The molecule has 13 heavy (non-hydrogen) atoms. The standard InChI is InChI=1S/C7H4Br3F2N/c8-1-3-5(7(11)12)4(9)2-13-6(3)10/h2,7H,1H2. The number of alkyl halides is 3. The Morgan fingerprint density at radius 1 is 1.38 bits per heavy atom. The van der Waals surface area contributed by atoms with Crippen molar-refractivity contribution in [1.82, 2.24) is 4.98 Å². The predicted molar refractivity (Wildman–Crippen MR) is 57.2 cm³/mol. The number of hydrogen-bond donors (Lipinski definition) is 0. The Hall–Kier alpha value is 0.450. The van der Waals surface area contributed by atoms with Crippen molar-refractivity contribution >= 4 is 47.8 Å². The molecule has 0 aliphatic heterocycles. The first-order chi connectivity index (χ1) is 6.07. The van der Waals surface area contributed by atoms with Crippen LogP contribution in [0, 0.1) is 0 Å². The number of nitrogens with zero attached hydrogens (tertiary/aromatic N) is 1. The van der Waals surface area contributed by atoms with Crippen molar-refractivity contribution in [3.63, 3.8) is 0 Å². The maximum absolute atomic E-state index is 12.6. The van der Waals surface area contributed by atoms with Crippen LogP contribution in [0.1, 0.15) is 17.6 Å². The van der Waals surface area contributed by atoms with Gasteiger partial charge < -0.3 is 0 Å². The van der Waals surface area contributed by atoms with Crippen molar-refractivity contribution < 1.29 is 8.78 Å². The first-order valence-electron chi connectivity index (χ1n) is 3.24. The number of rotatable bonds is 2. The molecule has 1 aromatic rings. The van der Waals surface area contributed by atoms with Crippen molar-refractivity contribution in [2.24, 2.45) is 0 Å². The number of aromatic nitrogens is 1. The van der Waals surface area contributed by atoms with E-state index in [-0.39, 0.29) is 5.56 Å². The predicted octanol–water partition coefficient (Wildman–Crippen LogP) is 4.44. The molecular weight excluding hydrogens is 376 g/mol. The molecular formula is C7H4Br3F2N. The van der Waals surface area contributed by atoms with E-state index in [1.165, 1.54) is 6.20 Å². The minimum atomic E-state index is -2.50. The van der Waals surface area contributed by atoms with Gasteiger partial charge in [-0.25, -0.2) is 13.8 Å². The van der Waals surface area contributed by atoms with Crippen molar-refractivity contribution in [3.8, 4) is 0 Å². The van der Waals surface area contributed by atoms with Crippen LogP contribution in [-0.4, -0.2) is 4.98 Å². The molecule has 1 aromatic heterocycles. The summed E-state index contributed by atoms with van der Waals surface area (Å²) in [6.07, 6.45) is -1.14. The quantitative estimate of drug-likeness (QED) is 0.547. The van der Waals surface area contributed by atoms with E-state index in [1.54, 1.807) is 0 Å². The van der Waals surface area contributed by atoms with Crippen LogP contribution in [0.15, 0.2) is 15.3 Å². The summed E-state index contributed by atoms with van der Waals surface area (Å²) in [6.45, 7) is 0. The molecule has 0 unspecified atom stereocenters. The fourth-order valence-electron chi connectivity index (χ4n) is 0.879. The van der Waals surface area contributed by atoms with Gasteiger partial charge in [-0.05, 0) is 31.9 Å². The van der Waals surface area contributed by atoms with Crippen molar-refractivity contribution in [2.45, 2.75) is 11.8 Å².